The fraction of sp³-hybridized carbons (Fsp3) is 0.652. The number of rotatable bonds is 9. The lowest BCUT2D eigenvalue weighted by atomic mass is 10.1. The summed E-state index contributed by atoms with van der Waals surface area (Å²) in [6.07, 6.45) is -0.225. The maximum atomic E-state index is 6.81. The molecule has 0 saturated carbocycles. The summed E-state index contributed by atoms with van der Waals surface area (Å²) in [7, 11) is -2.11. The zero-order valence-electron chi connectivity index (χ0n) is 19.5. The van der Waals surface area contributed by atoms with Gasteiger partial charge < -0.3 is 18.7 Å². The predicted octanol–water partition coefficient (Wildman–Crippen LogP) is 5.50. The molecular weight excluding hydrogens is 382 g/mol. The van der Waals surface area contributed by atoms with Gasteiger partial charge in [-0.15, -0.1) is 0 Å². The number of benzene rings is 1. The van der Waals surface area contributed by atoms with Crippen molar-refractivity contribution in [3.05, 3.63) is 48.2 Å². The molecule has 0 amide bonds. The van der Waals surface area contributed by atoms with Gasteiger partial charge in [0.1, 0.15) is 17.9 Å². The maximum absolute atomic E-state index is 6.81. The Bertz CT molecular complexity index is 669. The standard InChI is InChI=1S/C23H39NO4Si/c1-10-25-18(2)21(20-17-26-23(6,7)27-20)24(16-19-14-12-11-13-15-19)28-29(8,9)22(3,4)5/h11-15,20-21H,2,10,16-17H2,1,3-9H3/t20-,21?/m1/s1. The molecule has 2 atom stereocenters. The normalized spacial score (nSPS) is 20.7. The average molecular weight is 422 g/mol. The van der Waals surface area contributed by atoms with Crippen molar-refractivity contribution >= 4 is 8.32 Å². The van der Waals surface area contributed by atoms with Gasteiger partial charge in [-0.05, 0) is 44.5 Å². The van der Waals surface area contributed by atoms with Crippen LogP contribution in [0.25, 0.3) is 0 Å². The first-order valence-electron chi connectivity index (χ1n) is 10.5. The van der Waals surface area contributed by atoms with E-state index in [1.54, 1.807) is 0 Å². The summed E-state index contributed by atoms with van der Waals surface area (Å²) in [4.78, 5) is 0. The number of ether oxygens (including phenoxy) is 3. The molecule has 1 heterocycles. The van der Waals surface area contributed by atoms with Gasteiger partial charge in [0.25, 0.3) is 0 Å². The summed E-state index contributed by atoms with van der Waals surface area (Å²) in [6, 6.07) is 10.1. The van der Waals surface area contributed by atoms with E-state index in [4.69, 9.17) is 18.7 Å². The first-order chi connectivity index (χ1) is 13.4. The Hall–Kier alpha value is -1.18. The Morgan fingerprint density at radius 3 is 2.38 bits per heavy atom. The molecule has 0 bridgehead atoms. The Balaban J connectivity index is 2.40. The second-order valence-corrected chi connectivity index (χ2v) is 14.3. The third-order valence-corrected chi connectivity index (χ3v) is 9.99. The van der Waals surface area contributed by atoms with Gasteiger partial charge in [0, 0.05) is 6.54 Å². The van der Waals surface area contributed by atoms with Crippen LogP contribution in [-0.4, -0.2) is 44.5 Å². The van der Waals surface area contributed by atoms with Crippen LogP contribution in [0, 0.1) is 0 Å². The van der Waals surface area contributed by atoms with Crippen molar-refractivity contribution in [2.24, 2.45) is 0 Å². The molecule has 1 aromatic carbocycles. The Morgan fingerprint density at radius 2 is 1.90 bits per heavy atom. The van der Waals surface area contributed by atoms with Crippen LogP contribution in [-0.2, 0) is 25.3 Å². The monoisotopic (exact) mass is 421 g/mol. The molecule has 1 saturated heterocycles. The van der Waals surface area contributed by atoms with E-state index >= 15 is 0 Å². The van der Waals surface area contributed by atoms with E-state index in [0.717, 1.165) is 0 Å². The second kappa shape index (κ2) is 9.31. The molecule has 164 valence electrons. The van der Waals surface area contributed by atoms with Crippen LogP contribution in [0.5, 0.6) is 0 Å². The van der Waals surface area contributed by atoms with Crippen LogP contribution in [0.4, 0.5) is 0 Å². The lowest BCUT2D eigenvalue weighted by Gasteiger charge is -2.44. The number of hydrogen-bond acceptors (Lipinski definition) is 5. The summed E-state index contributed by atoms with van der Waals surface area (Å²) in [5.41, 5.74) is 1.17. The van der Waals surface area contributed by atoms with Crippen molar-refractivity contribution in [3.8, 4) is 0 Å². The van der Waals surface area contributed by atoms with Gasteiger partial charge in [0.15, 0.2) is 5.79 Å². The first-order valence-corrected chi connectivity index (χ1v) is 13.4. The number of hydrogen-bond donors (Lipinski definition) is 0. The van der Waals surface area contributed by atoms with Crippen LogP contribution in [0.3, 0.4) is 0 Å². The van der Waals surface area contributed by atoms with E-state index in [9.17, 15) is 0 Å². The molecule has 0 N–H and O–H groups in total. The molecule has 0 radical (unpaired) electrons. The Kier molecular flexibility index (Phi) is 7.73. The lowest BCUT2D eigenvalue weighted by molar-refractivity contribution is -0.179. The highest BCUT2D eigenvalue weighted by Crippen LogP contribution is 2.39. The first kappa shape index (κ1) is 24.1. The highest BCUT2D eigenvalue weighted by atomic mass is 28.4. The summed E-state index contributed by atoms with van der Waals surface area (Å²) >= 11 is 0. The van der Waals surface area contributed by atoms with Crippen molar-refractivity contribution in [1.82, 2.24) is 5.06 Å². The fourth-order valence-corrected chi connectivity index (χ4v) is 4.11. The zero-order chi connectivity index (χ0) is 21.9. The van der Waals surface area contributed by atoms with E-state index in [0.29, 0.717) is 25.5 Å². The molecule has 5 nitrogen and oxygen atoms in total. The highest BCUT2D eigenvalue weighted by Gasteiger charge is 2.46. The van der Waals surface area contributed by atoms with Gasteiger partial charge in [0.2, 0.25) is 8.32 Å². The molecular formula is C23H39NO4Si. The van der Waals surface area contributed by atoms with Crippen LogP contribution in [0.15, 0.2) is 42.7 Å². The molecule has 1 aliphatic heterocycles. The fourth-order valence-electron chi connectivity index (χ4n) is 3.08. The largest absolute Gasteiger partial charge is 0.497 e. The van der Waals surface area contributed by atoms with E-state index in [2.05, 4.69) is 52.6 Å². The van der Waals surface area contributed by atoms with E-state index in [1.807, 2.05) is 44.0 Å². The topological polar surface area (TPSA) is 40.2 Å². The van der Waals surface area contributed by atoms with Crippen molar-refractivity contribution in [1.29, 1.82) is 0 Å². The maximum Gasteiger partial charge on any atom is 0.220 e. The minimum Gasteiger partial charge on any atom is -0.497 e. The number of nitrogens with zero attached hydrogens (tertiary/aromatic N) is 1. The van der Waals surface area contributed by atoms with Gasteiger partial charge >= 0.3 is 0 Å². The predicted molar refractivity (Wildman–Crippen MR) is 120 cm³/mol. The van der Waals surface area contributed by atoms with Crippen molar-refractivity contribution in [2.45, 2.75) is 84.2 Å². The van der Waals surface area contributed by atoms with Crippen LogP contribution < -0.4 is 0 Å². The molecule has 1 unspecified atom stereocenters. The number of hydroxylamine groups is 2. The molecule has 2 rings (SSSR count). The molecule has 29 heavy (non-hydrogen) atoms. The molecule has 1 aromatic rings. The average Bonchev–Trinajstić information content (AvgIpc) is 2.94. The van der Waals surface area contributed by atoms with Crippen molar-refractivity contribution in [2.75, 3.05) is 13.2 Å². The highest BCUT2D eigenvalue weighted by molar-refractivity contribution is 6.74. The summed E-state index contributed by atoms with van der Waals surface area (Å²) in [5.74, 6) is 0.0126. The third-order valence-electron chi connectivity index (χ3n) is 5.69. The molecule has 6 heteroatoms. The second-order valence-electron chi connectivity index (χ2n) is 9.62. The Labute approximate surface area is 178 Å². The van der Waals surface area contributed by atoms with Crippen molar-refractivity contribution < 1.29 is 18.7 Å². The van der Waals surface area contributed by atoms with Crippen LogP contribution >= 0.6 is 0 Å². The van der Waals surface area contributed by atoms with E-state index in [-0.39, 0.29) is 17.2 Å². The van der Waals surface area contributed by atoms with Crippen LogP contribution in [0.1, 0.15) is 47.1 Å². The van der Waals surface area contributed by atoms with Gasteiger partial charge in [-0.2, -0.15) is 5.06 Å². The molecule has 0 aromatic heterocycles. The lowest BCUT2D eigenvalue weighted by Crippen LogP contribution is -2.54. The summed E-state index contributed by atoms with van der Waals surface area (Å²) in [6.45, 7) is 22.9. The molecule has 1 fully saturated rings. The molecule has 0 spiro atoms. The van der Waals surface area contributed by atoms with E-state index in [1.165, 1.54) is 5.56 Å². The van der Waals surface area contributed by atoms with Crippen LogP contribution in [0.2, 0.25) is 18.1 Å². The minimum absolute atomic E-state index is 0.0612. The third kappa shape index (κ3) is 6.40. The minimum atomic E-state index is -2.11. The quantitative estimate of drug-likeness (QED) is 0.299. The van der Waals surface area contributed by atoms with Gasteiger partial charge in [-0.25, -0.2) is 0 Å². The summed E-state index contributed by atoms with van der Waals surface area (Å²) in [5, 5.41) is 2.09. The SMILES string of the molecule is C=C(OCC)C([C@H]1COC(C)(C)O1)N(Cc1ccccc1)O[Si](C)(C)C(C)(C)C. The van der Waals surface area contributed by atoms with Gasteiger partial charge in [0.05, 0.1) is 13.2 Å². The van der Waals surface area contributed by atoms with Gasteiger partial charge in [-0.1, -0.05) is 57.7 Å². The van der Waals surface area contributed by atoms with Gasteiger partial charge in [-0.3, -0.25) is 0 Å². The molecule has 1 aliphatic rings. The van der Waals surface area contributed by atoms with E-state index < -0.39 is 14.1 Å². The summed E-state index contributed by atoms with van der Waals surface area (Å²) < 4.78 is 24.8. The zero-order valence-corrected chi connectivity index (χ0v) is 20.5. The Morgan fingerprint density at radius 1 is 1.28 bits per heavy atom. The smallest absolute Gasteiger partial charge is 0.220 e. The van der Waals surface area contributed by atoms with Crippen molar-refractivity contribution in [3.63, 3.8) is 0 Å². The molecule has 0 aliphatic carbocycles.